The molecule has 2 aliphatic carbocycles. The molecule has 1 saturated heterocycles. The van der Waals surface area contributed by atoms with Crippen LogP contribution in [0, 0.1) is 29.5 Å². The molecule has 1 aliphatic heterocycles. The summed E-state index contributed by atoms with van der Waals surface area (Å²) in [5.41, 5.74) is 0.631. The summed E-state index contributed by atoms with van der Waals surface area (Å²) < 4.78 is 18.3. The number of Topliss-reactive ketones (excluding diaryl/α,β-unsaturated/α-hetero) is 1. The Hall–Kier alpha value is -1.79. The third kappa shape index (κ3) is 7.11. The van der Waals surface area contributed by atoms with Gasteiger partial charge in [0, 0.05) is 37.7 Å². The van der Waals surface area contributed by atoms with Crippen molar-refractivity contribution in [3.8, 4) is 0 Å². The first-order valence-electron chi connectivity index (χ1n) is 13.3. The van der Waals surface area contributed by atoms with Crippen molar-refractivity contribution in [2.75, 3.05) is 33.4 Å². The Morgan fingerprint density at radius 1 is 0.971 bits per heavy atom. The van der Waals surface area contributed by atoms with Crippen molar-refractivity contribution in [2.24, 2.45) is 23.7 Å². The summed E-state index contributed by atoms with van der Waals surface area (Å²) in [4.78, 5) is 27.6. The van der Waals surface area contributed by atoms with Gasteiger partial charge in [-0.15, -0.1) is 0 Å². The number of carbonyl (C=O) groups is 2. The summed E-state index contributed by atoms with van der Waals surface area (Å²) in [7, 11) is 1.75. The Morgan fingerprint density at radius 2 is 1.65 bits per heavy atom. The van der Waals surface area contributed by atoms with Crippen LogP contribution in [0.3, 0.4) is 0 Å². The second kappa shape index (κ2) is 12.3. The van der Waals surface area contributed by atoms with Crippen molar-refractivity contribution in [1.29, 1.82) is 0 Å². The SMILES string of the molecule is COCC1CC(CC(=O)N[C@H]2CC[C@H](CCN3CCC(C(=O)c4ccc(F)cc4)CC3)CC2)C1. The molecular formula is C28H41FN2O3. The minimum atomic E-state index is -0.298. The average Bonchev–Trinajstić information content (AvgIpc) is 2.83. The lowest BCUT2D eigenvalue weighted by atomic mass is 9.73. The molecule has 34 heavy (non-hydrogen) atoms. The number of likely N-dealkylation sites (tertiary alicyclic amines) is 1. The normalized spacial score (nSPS) is 28.3. The predicted octanol–water partition coefficient (Wildman–Crippen LogP) is 4.85. The number of hydrogen-bond acceptors (Lipinski definition) is 4. The number of methoxy groups -OCH3 is 1. The van der Waals surface area contributed by atoms with Gasteiger partial charge in [0.25, 0.3) is 0 Å². The maximum atomic E-state index is 13.1. The molecule has 1 aromatic rings. The first-order chi connectivity index (χ1) is 16.5. The van der Waals surface area contributed by atoms with Gasteiger partial charge in [-0.1, -0.05) is 0 Å². The number of hydrogen-bond donors (Lipinski definition) is 1. The van der Waals surface area contributed by atoms with Gasteiger partial charge < -0.3 is 15.0 Å². The minimum absolute atomic E-state index is 0.0616. The number of benzene rings is 1. The van der Waals surface area contributed by atoms with Crippen LogP contribution < -0.4 is 5.32 Å². The highest BCUT2D eigenvalue weighted by Crippen LogP contribution is 2.36. The number of rotatable bonds is 10. The largest absolute Gasteiger partial charge is 0.384 e. The number of nitrogens with one attached hydrogen (secondary N) is 1. The maximum Gasteiger partial charge on any atom is 0.220 e. The zero-order valence-electron chi connectivity index (χ0n) is 20.6. The topological polar surface area (TPSA) is 58.6 Å². The Labute approximate surface area is 203 Å². The molecule has 4 rings (SSSR count). The van der Waals surface area contributed by atoms with E-state index in [1.165, 1.54) is 31.4 Å². The van der Waals surface area contributed by atoms with Gasteiger partial charge >= 0.3 is 0 Å². The van der Waals surface area contributed by atoms with Crippen molar-refractivity contribution in [3.63, 3.8) is 0 Å². The number of amides is 1. The van der Waals surface area contributed by atoms with Crippen molar-refractivity contribution in [3.05, 3.63) is 35.6 Å². The van der Waals surface area contributed by atoms with Crippen LogP contribution in [0.2, 0.25) is 0 Å². The molecule has 3 fully saturated rings. The molecule has 188 valence electrons. The number of ether oxygens (including phenoxy) is 1. The Bertz CT molecular complexity index is 792. The molecule has 1 N–H and O–H groups in total. The molecule has 2 saturated carbocycles. The van der Waals surface area contributed by atoms with Crippen molar-refractivity contribution in [1.82, 2.24) is 10.2 Å². The lowest BCUT2D eigenvalue weighted by molar-refractivity contribution is -0.124. The van der Waals surface area contributed by atoms with Crippen LogP contribution in [0.1, 0.15) is 74.6 Å². The highest BCUT2D eigenvalue weighted by Gasteiger charge is 2.32. The molecule has 0 radical (unpaired) electrons. The third-order valence-electron chi connectivity index (χ3n) is 8.36. The highest BCUT2D eigenvalue weighted by molar-refractivity contribution is 5.97. The molecule has 0 atom stereocenters. The van der Waals surface area contributed by atoms with E-state index in [4.69, 9.17) is 4.74 Å². The fourth-order valence-corrected chi connectivity index (χ4v) is 6.19. The smallest absolute Gasteiger partial charge is 0.220 e. The second-order valence-electron chi connectivity index (χ2n) is 10.9. The van der Waals surface area contributed by atoms with Crippen molar-refractivity contribution >= 4 is 11.7 Å². The van der Waals surface area contributed by atoms with E-state index >= 15 is 0 Å². The zero-order chi connectivity index (χ0) is 23.9. The molecular weight excluding hydrogens is 431 g/mol. The second-order valence-corrected chi connectivity index (χ2v) is 10.9. The number of nitrogens with zero attached hydrogens (tertiary/aromatic N) is 1. The Balaban J connectivity index is 1.07. The molecule has 1 amide bonds. The van der Waals surface area contributed by atoms with E-state index in [-0.39, 0.29) is 23.4 Å². The highest BCUT2D eigenvalue weighted by atomic mass is 19.1. The van der Waals surface area contributed by atoms with Crippen molar-refractivity contribution in [2.45, 2.75) is 70.3 Å². The summed E-state index contributed by atoms with van der Waals surface area (Å²) in [5, 5.41) is 3.29. The van der Waals surface area contributed by atoms with E-state index < -0.39 is 0 Å². The maximum absolute atomic E-state index is 13.1. The van der Waals surface area contributed by atoms with Crippen LogP contribution in [-0.2, 0) is 9.53 Å². The molecule has 1 aromatic carbocycles. The molecule has 0 unspecified atom stereocenters. The summed E-state index contributed by atoms with van der Waals surface area (Å²) in [6, 6.07) is 6.31. The standard InChI is InChI=1S/C28H41FN2O3/c1-34-19-22-16-21(17-22)18-27(32)30-26-8-2-20(3-9-26)10-13-31-14-11-24(12-15-31)28(33)23-4-6-25(29)7-5-23/h4-7,20-22,24,26H,2-3,8-19H2,1H3,(H,30,32)/t20-,21?,22?,26-. The van der Waals surface area contributed by atoms with Gasteiger partial charge in [0.05, 0.1) is 0 Å². The van der Waals surface area contributed by atoms with Gasteiger partial charge in [0.15, 0.2) is 5.78 Å². The van der Waals surface area contributed by atoms with Gasteiger partial charge in [-0.25, -0.2) is 4.39 Å². The monoisotopic (exact) mass is 472 g/mol. The van der Waals surface area contributed by atoms with E-state index in [9.17, 15) is 14.0 Å². The third-order valence-corrected chi connectivity index (χ3v) is 8.36. The first-order valence-corrected chi connectivity index (χ1v) is 13.3. The van der Waals surface area contributed by atoms with E-state index in [1.54, 1.807) is 19.2 Å². The predicted molar refractivity (Wildman–Crippen MR) is 131 cm³/mol. The van der Waals surface area contributed by atoms with E-state index in [1.807, 2.05) is 0 Å². The van der Waals surface area contributed by atoms with Gasteiger partial charge in [-0.2, -0.15) is 0 Å². The van der Waals surface area contributed by atoms with Crippen LogP contribution >= 0.6 is 0 Å². The molecule has 0 aromatic heterocycles. The number of carbonyl (C=O) groups excluding carboxylic acids is 2. The molecule has 0 spiro atoms. The van der Waals surface area contributed by atoms with Crippen LogP contribution in [0.25, 0.3) is 0 Å². The Morgan fingerprint density at radius 3 is 2.29 bits per heavy atom. The number of piperidine rings is 1. The Kier molecular flexibility index (Phi) is 9.12. The quantitative estimate of drug-likeness (QED) is 0.495. The van der Waals surface area contributed by atoms with Crippen LogP contribution in [0.15, 0.2) is 24.3 Å². The zero-order valence-corrected chi connectivity index (χ0v) is 20.6. The van der Waals surface area contributed by atoms with Gasteiger partial charge in [-0.05, 0) is 119 Å². The molecule has 0 bridgehead atoms. The summed E-state index contributed by atoms with van der Waals surface area (Å²) in [5.74, 6) is 2.10. The lowest BCUT2D eigenvalue weighted by Crippen LogP contribution is -2.41. The summed E-state index contributed by atoms with van der Waals surface area (Å²) >= 11 is 0. The first kappa shape index (κ1) is 25.3. The van der Waals surface area contributed by atoms with Gasteiger partial charge in [-0.3, -0.25) is 9.59 Å². The number of ketones is 1. The van der Waals surface area contributed by atoms with E-state index in [2.05, 4.69) is 10.2 Å². The lowest BCUT2D eigenvalue weighted by Gasteiger charge is -2.36. The van der Waals surface area contributed by atoms with Crippen molar-refractivity contribution < 1.29 is 18.7 Å². The van der Waals surface area contributed by atoms with E-state index in [0.29, 0.717) is 29.9 Å². The molecule has 1 heterocycles. The number of halogens is 1. The summed E-state index contributed by atoms with van der Waals surface area (Å²) in [6.07, 6.45) is 10.5. The fourth-order valence-electron chi connectivity index (χ4n) is 6.19. The minimum Gasteiger partial charge on any atom is -0.384 e. The van der Waals surface area contributed by atoms with Crippen LogP contribution in [0.5, 0.6) is 0 Å². The molecule has 5 nitrogen and oxygen atoms in total. The van der Waals surface area contributed by atoms with Crippen LogP contribution in [0.4, 0.5) is 4.39 Å². The molecule has 6 heteroatoms. The van der Waals surface area contributed by atoms with Gasteiger partial charge in [0.2, 0.25) is 5.91 Å². The van der Waals surface area contributed by atoms with Crippen LogP contribution in [-0.4, -0.2) is 56.0 Å². The molecule has 3 aliphatic rings. The summed E-state index contributed by atoms with van der Waals surface area (Å²) in [6.45, 7) is 3.86. The van der Waals surface area contributed by atoms with E-state index in [0.717, 1.165) is 70.7 Å². The average molecular weight is 473 g/mol. The fraction of sp³-hybridized carbons (Fsp3) is 0.714. The van der Waals surface area contributed by atoms with Gasteiger partial charge in [0.1, 0.15) is 5.82 Å².